The van der Waals surface area contributed by atoms with E-state index in [1.807, 2.05) is 6.26 Å². The third kappa shape index (κ3) is 5.57. The molecule has 0 radical (unpaired) electrons. The number of hydrogen-bond donors (Lipinski definition) is 2. The van der Waals surface area contributed by atoms with Gasteiger partial charge in [0.2, 0.25) is 15.9 Å². The molecule has 27 heavy (non-hydrogen) atoms. The Morgan fingerprint density at radius 3 is 2.37 bits per heavy atom. The molecular formula is C20H26N2O3S2. The van der Waals surface area contributed by atoms with E-state index in [1.165, 1.54) is 30.3 Å². The minimum Gasteiger partial charge on any atom is -0.325 e. The molecule has 2 rings (SSSR count). The summed E-state index contributed by atoms with van der Waals surface area (Å²) < 4.78 is 28.2. The van der Waals surface area contributed by atoms with E-state index in [9.17, 15) is 13.2 Å². The topological polar surface area (TPSA) is 75.3 Å². The molecule has 2 aromatic carbocycles. The number of sulfonamides is 1. The van der Waals surface area contributed by atoms with Crippen LogP contribution in [0.1, 0.15) is 37.5 Å². The van der Waals surface area contributed by atoms with Gasteiger partial charge in [-0.25, -0.2) is 13.1 Å². The number of anilines is 1. The van der Waals surface area contributed by atoms with Crippen molar-refractivity contribution in [3.8, 4) is 0 Å². The fourth-order valence-corrected chi connectivity index (χ4v) is 4.37. The first kappa shape index (κ1) is 21.5. The molecule has 7 heteroatoms. The molecule has 0 aliphatic rings. The van der Waals surface area contributed by atoms with Crippen LogP contribution < -0.4 is 10.0 Å². The molecule has 1 amide bonds. The SMILES string of the molecule is CCc1ccc(CC)c(CNS(=O)(=O)c2ccc(SC)c(NC(C)=O)c2)c1. The van der Waals surface area contributed by atoms with Crippen molar-refractivity contribution < 1.29 is 13.2 Å². The Balaban J connectivity index is 2.28. The van der Waals surface area contributed by atoms with Crippen LogP contribution in [0.2, 0.25) is 0 Å². The van der Waals surface area contributed by atoms with Gasteiger partial charge >= 0.3 is 0 Å². The molecule has 0 bridgehead atoms. The second-order valence-electron chi connectivity index (χ2n) is 6.18. The largest absolute Gasteiger partial charge is 0.325 e. The highest BCUT2D eigenvalue weighted by atomic mass is 32.2. The average Bonchev–Trinajstić information content (AvgIpc) is 2.65. The predicted molar refractivity (Wildman–Crippen MR) is 112 cm³/mol. The second kappa shape index (κ2) is 9.39. The summed E-state index contributed by atoms with van der Waals surface area (Å²) in [4.78, 5) is 12.3. The van der Waals surface area contributed by atoms with Crippen LogP contribution >= 0.6 is 11.8 Å². The molecule has 0 spiro atoms. The summed E-state index contributed by atoms with van der Waals surface area (Å²) in [6.45, 7) is 5.77. The van der Waals surface area contributed by atoms with Crippen molar-refractivity contribution in [3.05, 3.63) is 53.1 Å². The summed E-state index contributed by atoms with van der Waals surface area (Å²) in [7, 11) is -3.70. The zero-order chi connectivity index (χ0) is 20.0. The lowest BCUT2D eigenvalue weighted by Crippen LogP contribution is -2.24. The molecule has 0 heterocycles. The fourth-order valence-electron chi connectivity index (χ4n) is 2.81. The number of nitrogens with one attached hydrogen (secondary N) is 2. The summed E-state index contributed by atoms with van der Waals surface area (Å²) in [6.07, 6.45) is 3.62. The van der Waals surface area contributed by atoms with Crippen LogP contribution in [0.4, 0.5) is 5.69 Å². The molecule has 0 fully saturated rings. The quantitative estimate of drug-likeness (QED) is 0.651. The number of benzene rings is 2. The zero-order valence-corrected chi connectivity index (χ0v) is 17.8. The van der Waals surface area contributed by atoms with Crippen LogP contribution in [0.5, 0.6) is 0 Å². The number of rotatable bonds is 8. The first-order valence-corrected chi connectivity index (χ1v) is 11.6. The molecule has 0 aliphatic heterocycles. The number of carbonyl (C=O) groups excluding carboxylic acids is 1. The lowest BCUT2D eigenvalue weighted by Gasteiger charge is -2.14. The van der Waals surface area contributed by atoms with Gasteiger partial charge in [-0.2, -0.15) is 0 Å². The Morgan fingerprint density at radius 2 is 1.78 bits per heavy atom. The molecule has 0 atom stereocenters. The molecule has 5 nitrogen and oxygen atoms in total. The normalized spacial score (nSPS) is 11.4. The Labute approximate surface area is 166 Å². The van der Waals surface area contributed by atoms with Crippen molar-refractivity contribution in [1.29, 1.82) is 0 Å². The van der Waals surface area contributed by atoms with Crippen LogP contribution in [0.25, 0.3) is 0 Å². The number of hydrogen-bond acceptors (Lipinski definition) is 4. The lowest BCUT2D eigenvalue weighted by atomic mass is 10.0. The molecule has 0 aliphatic carbocycles. The van der Waals surface area contributed by atoms with Crippen molar-refractivity contribution in [2.45, 2.75) is 49.9 Å². The first-order valence-electron chi connectivity index (χ1n) is 8.86. The van der Waals surface area contributed by atoms with Crippen molar-refractivity contribution >= 4 is 33.4 Å². The number of aryl methyl sites for hydroxylation is 2. The summed E-state index contributed by atoms with van der Waals surface area (Å²) in [5, 5.41) is 2.69. The van der Waals surface area contributed by atoms with E-state index >= 15 is 0 Å². The van der Waals surface area contributed by atoms with E-state index < -0.39 is 10.0 Å². The van der Waals surface area contributed by atoms with Gasteiger partial charge in [0.1, 0.15) is 0 Å². The minimum absolute atomic E-state index is 0.133. The van der Waals surface area contributed by atoms with E-state index in [-0.39, 0.29) is 17.3 Å². The van der Waals surface area contributed by atoms with Crippen LogP contribution in [0.15, 0.2) is 46.2 Å². The second-order valence-corrected chi connectivity index (χ2v) is 8.79. The Hall–Kier alpha value is -1.83. The van der Waals surface area contributed by atoms with E-state index in [4.69, 9.17) is 0 Å². The van der Waals surface area contributed by atoms with Gasteiger partial charge in [0.05, 0.1) is 10.6 Å². The highest BCUT2D eigenvalue weighted by Crippen LogP contribution is 2.28. The molecule has 0 aromatic heterocycles. The monoisotopic (exact) mass is 406 g/mol. The molecule has 0 unspecified atom stereocenters. The Bertz CT molecular complexity index is 925. The maximum atomic E-state index is 12.8. The van der Waals surface area contributed by atoms with Crippen molar-refractivity contribution in [1.82, 2.24) is 4.72 Å². The number of thioether (sulfide) groups is 1. The van der Waals surface area contributed by atoms with Gasteiger partial charge in [-0.15, -0.1) is 11.8 Å². The van der Waals surface area contributed by atoms with Crippen LogP contribution in [0, 0.1) is 0 Å². The van der Waals surface area contributed by atoms with E-state index in [0.717, 1.165) is 28.9 Å². The van der Waals surface area contributed by atoms with E-state index in [1.54, 1.807) is 12.1 Å². The Morgan fingerprint density at radius 1 is 1.04 bits per heavy atom. The third-order valence-electron chi connectivity index (χ3n) is 4.30. The van der Waals surface area contributed by atoms with Gasteiger partial charge in [0.25, 0.3) is 0 Å². The smallest absolute Gasteiger partial charge is 0.240 e. The minimum atomic E-state index is -3.70. The molecule has 0 saturated heterocycles. The van der Waals surface area contributed by atoms with Gasteiger partial charge in [-0.05, 0) is 54.0 Å². The predicted octanol–water partition coefficient (Wildman–Crippen LogP) is 3.97. The van der Waals surface area contributed by atoms with Crippen LogP contribution in [-0.4, -0.2) is 20.6 Å². The van der Waals surface area contributed by atoms with Gasteiger partial charge in [0.15, 0.2) is 0 Å². The highest BCUT2D eigenvalue weighted by molar-refractivity contribution is 7.98. The van der Waals surface area contributed by atoms with E-state index in [2.05, 4.69) is 42.1 Å². The van der Waals surface area contributed by atoms with Crippen LogP contribution in [-0.2, 0) is 34.2 Å². The molecule has 146 valence electrons. The fraction of sp³-hybridized carbons (Fsp3) is 0.350. The standard InChI is InChI=1S/C20H26N2O3S2/c1-5-15-7-8-16(6-2)17(11-15)13-21-27(24,25)18-9-10-20(26-4)19(12-18)22-14(3)23/h7-12,21H,5-6,13H2,1-4H3,(H,22,23). The molecule has 0 saturated carbocycles. The van der Waals surface area contributed by atoms with Crippen LogP contribution in [0.3, 0.4) is 0 Å². The maximum absolute atomic E-state index is 12.8. The highest BCUT2D eigenvalue weighted by Gasteiger charge is 2.17. The summed E-state index contributed by atoms with van der Waals surface area (Å²) in [5.41, 5.74) is 3.80. The zero-order valence-electron chi connectivity index (χ0n) is 16.1. The van der Waals surface area contributed by atoms with Gasteiger partial charge in [0, 0.05) is 18.4 Å². The van der Waals surface area contributed by atoms with Crippen molar-refractivity contribution in [2.75, 3.05) is 11.6 Å². The van der Waals surface area contributed by atoms with Crippen molar-refractivity contribution in [3.63, 3.8) is 0 Å². The summed E-state index contributed by atoms with van der Waals surface area (Å²) >= 11 is 1.45. The number of amides is 1. The van der Waals surface area contributed by atoms with Gasteiger partial charge < -0.3 is 5.32 Å². The molecular weight excluding hydrogens is 380 g/mol. The maximum Gasteiger partial charge on any atom is 0.240 e. The third-order valence-corrected chi connectivity index (χ3v) is 6.50. The molecule has 2 N–H and O–H groups in total. The number of carbonyl (C=O) groups is 1. The molecule has 2 aromatic rings. The first-order chi connectivity index (χ1) is 12.8. The Kier molecular flexibility index (Phi) is 7.47. The van der Waals surface area contributed by atoms with Gasteiger partial charge in [-0.1, -0.05) is 32.0 Å². The van der Waals surface area contributed by atoms with E-state index in [0.29, 0.717) is 5.69 Å². The lowest BCUT2D eigenvalue weighted by molar-refractivity contribution is -0.114. The summed E-state index contributed by atoms with van der Waals surface area (Å²) in [5.74, 6) is -0.239. The van der Waals surface area contributed by atoms with Gasteiger partial charge in [-0.3, -0.25) is 4.79 Å². The average molecular weight is 407 g/mol. The van der Waals surface area contributed by atoms with Crippen molar-refractivity contribution in [2.24, 2.45) is 0 Å². The summed E-state index contributed by atoms with van der Waals surface area (Å²) in [6, 6.07) is 11.0.